The van der Waals surface area contributed by atoms with Gasteiger partial charge in [-0.2, -0.15) is 9.97 Å². The molecule has 5 aromatic carbocycles. The minimum Gasteiger partial charge on any atom is -0.491 e. The molecule has 0 radical (unpaired) electrons. The van der Waals surface area contributed by atoms with Crippen molar-refractivity contribution >= 4 is 23.1 Å². The lowest BCUT2D eigenvalue weighted by Crippen LogP contribution is -2.30. The SMILES string of the molecule is CC(C)Oc1ccc(P(=O)(c2ccc(OC(C)C)cc2)c2c(F)ccc(-c3nc(Oc4ccccc4)nc(Oc4ccccc4)n3)c2F)cc1. The van der Waals surface area contributed by atoms with Crippen molar-refractivity contribution in [3.8, 4) is 46.4 Å². The highest BCUT2D eigenvalue weighted by Crippen LogP contribution is 2.46. The van der Waals surface area contributed by atoms with Gasteiger partial charge in [0, 0.05) is 10.6 Å². The average molecular weight is 694 g/mol. The Labute approximate surface area is 289 Å². The fourth-order valence-electron chi connectivity index (χ4n) is 5.16. The van der Waals surface area contributed by atoms with Gasteiger partial charge in [-0.05, 0) is 113 Å². The first-order valence-electron chi connectivity index (χ1n) is 16.0. The van der Waals surface area contributed by atoms with Gasteiger partial charge in [-0.25, -0.2) is 8.78 Å². The summed E-state index contributed by atoms with van der Waals surface area (Å²) >= 11 is 0. The van der Waals surface area contributed by atoms with Gasteiger partial charge in [0.1, 0.15) is 34.6 Å². The fourth-order valence-corrected chi connectivity index (χ4v) is 7.89. The van der Waals surface area contributed by atoms with Crippen molar-refractivity contribution in [3.63, 3.8) is 0 Å². The number of ether oxygens (including phenoxy) is 4. The van der Waals surface area contributed by atoms with Gasteiger partial charge in [0.25, 0.3) is 0 Å². The van der Waals surface area contributed by atoms with Crippen molar-refractivity contribution in [1.29, 1.82) is 0 Å². The summed E-state index contributed by atoms with van der Waals surface area (Å²) in [7, 11) is -4.24. The van der Waals surface area contributed by atoms with Crippen molar-refractivity contribution in [1.82, 2.24) is 15.0 Å². The van der Waals surface area contributed by atoms with E-state index >= 15 is 13.3 Å². The monoisotopic (exact) mass is 693 g/mol. The smallest absolute Gasteiger partial charge is 0.328 e. The molecule has 1 aromatic heterocycles. The maximum atomic E-state index is 17.1. The first-order chi connectivity index (χ1) is 24.1. The highest BCUT2D eigenvalue weighted by molar-refractivity contribution is 7.85. The van der Waals surface area contributed by atoms with Gasteiger partial charge in [0.15, 0.2) is 13.0 Å². The lowest BCUT2D eigenvalue weighted by Gasteiger charge is -2.23. The molecule has 6 rings (SSSR count). The summed E-state index contributed by atoms with van der Waals surface area (Å²) in [6.45, 7) is 7.51. The van der Waals surface area contributed by atoms with Crippen molar-refractivity contribution in [3.05, 3.63) is 133 Å². The molecule has 0 aliphatic rings. The van der Waals surface area contributed by atoms with Gasteiger partial charge in [-0.3, -0.25) is 0 Å². The standard InChI is InChI=1S/C39H34F2N3O5P/c1-25(2)46-29-15-19-31(20-16-29)50(45,32-21-17-30(18-22-32)47-26(3)4)36-34(40)24-23-33(35(36)41)37-42-38(48-27-11-7-5-8-12-27)44-39(43-37)49-28-13-9-6-10-14-28/h5-26H,1-4H3. The largest absolute Gasteiger partial charge is 0.491 e. The molecule has 11 heteroatoms. The zero-order valence-electron chi connectivity index (χ0n) is 27.8. The predicted molar refractivity (Wildman–Crippen MR) is 189 cm³/mol. The van der Waals surface area contributed by atoms with Crippen LogP contribution in [0, 0.1) is 11.6 Å². The van der Waals surface area contributed by atoms with Crippen LogP contribution in [0.1, 0.15) is 27.7 Å². The van der Waals surface area contributed by atoms with Crippen LogP contribution in [0.25, 0.3) is 11.4 Å². The number of aromatic nitrogens is 3. The molecule has 0 aliphatic carbocycles. The van der Waals surface area contributed by atoms with Crippen molar-refractivity contribution in [2.45, 2.75) is 39.9 Å². The molecule has 8 nitrogen and oxygen atoms in total. The third kappa shape index (κ3) is 7.66. The van der Waals surface area contributed by atoms with E-state index in [2.05, 4.69) is 15.0 Å². The summed E-state index contributed by atoms with van der Waals surface area (Å²) in [5.74, 6) is -0.468. The molecule has 0 saturated carbocycles. The Hall–Kier alpha value is -5.60. The van der Waals surface area contributed by atoms with Gasteiger partial charge in [0.05, 0.1) is 23.1 Å². The van der Waals surface area contributed by atoms with E-state index < -0.39 is 24.1 Å². The number of para-hydroxylation sites is 2. The number of benzene rings is 5. The topological polar surface area (TPSA) is 92.7 Å². The summed E-state index contributed by atoms with van der Waals surface area (Å²) in [6, 6.07) is 32.1. The number of hydrogen-bond acceptors (Lipinski definition) is 8. The first-order valence-corrected chi connectivity index (χ1v) is 17.7. The molecular weight excluding hydrogens is 659 g/mol. The van der Waals surface area contributed by atoms with Gasteiger partial charge in [-0.15, -0.1) is 4.98 Å². The Balaban J connectivity index is 1.51. The molecule has 0 amide bonds. The van der Waals surface area contributed by atoms with Crippen LogP contribution in [0.5, 0.6) is 35.0 Å². The van der Waals surface area contributed by atoms with Crippen LogP contribution < -0.4 is 34.9 Å². The van der Waals surface area contributed by atoms with Crippen LogP contribution in [0.15, 0.2) is 121 Å². The molecule has 0 atom stereocenters. The Morgan fingerprint density at radius 3 is 1.40 bits per heavy atom. The average Bonchev–Trinajstić information content (AvgIpc) is 3.09. The van der Waals surface area contributed by atoms with Gasteiger partial charge in [-0.1, -0.05) is 36.4 Å². The summed E-state index contributed by atoms with van der Waals surface area (Å²) in [5, 5.41) is -0.252. The van der Waals surface area contributed by atoms with Crippen molar-refractivity contribution in [2.24, 2.45) is 0 Å². The third-order valence-electron chi connectivity index (χ3n) is 7.27. The molecule has 1 heterocycles. The van der Waals surface area contributed by atoms with E-state index in [1.807, 2.05) is 39.8 Å². The minimum atomic E-state index is -4.24. The quantitative estimate of drug-likeness (QED) is 0.118. The highest BCUT2D eigenvalue weighted by atomic mass is 31.2. The van der Waals surface area contributed by atoms with Crippen molar-refractivity contribution in [2.75, 3.05) is 0 Å². The molecular formula is C39H34F2N3O5P. The number of hydrogen-bond donors (Lipinski definition) is 0. The van der Waals surface area contributed by atoms with E-state index in [4.69, 9.17) is 18.9 Å². The zero-order chi connectivity index (χ0) is 35.3. The lowest BCUT2D eigenvalue weighted by atomic mass is 10.2. The Morgan fingerprint density at radius 1 is 0.540 bits per heavy atom. The van der Waals surface area contributed by atoms with Crippen LogP contribution in [-0.4, -0.2) is 27.2 Å². The molecule has 0 fully saturated rings. The molecule has 6 aromatic rings. The minimum absolute atomic E-state index is 0.111. The summed E-state index contributed by atoms with van der Waals surface area (Å²) in [5.41, 5.74) is -0.237. The van der Waals surface area contributed by atoms with E-state index in [0.29, 0.717) is 23.0 Å². The van der Waals surface area contributed by atoms with Crippen LogP contribution in [-0.2, 0) is 4.57 Å². The van der Waals surface area contributed by atoms with Crippen LogP contribution in [0.3, 0.4) is 0 Å². The number of nitrogens with zero attached hydrogens (tertiary/aromatic N) is 3. The lowest BCUT2D eigenvalue weighted by molar-refractivity contribution is 0.242. The second-order valence-electron chi connectivity index (χ2n) is 11.7. The molecule has 0 saturated heterocycles. The van der Waals surface area contributed by atoms with E-state index in [9.17, 15) is 0 Å². The van der Waals surface area contributed by atoms with E-state index in [0.717, 1.165) is 6.07 Å². The molecule has 0 unspecified atom stereocenters. The molecule has 254 valence electrons. The summed E-state index contributed by atoms with van der Waals surface area (Å²) in [6.07, 6.45) is -0.223. The highest BCUT2D eigenvalue weighted by Gasteiger charge is 2.37. The zero-order valence-corrected chi connectivity index (χ0v) is 28.7. The normalized spacial score (nSPS) is 11.4. The van der Waals surface area contributed by atoms with Crippen molar-refractivity contribution < 1.29 is 32.3 Å². The maximum Gasteiger partial charge on any atom is 0.328 e. The second kappa shape index (κ2) is 14.9. The molecule has 50 heavy (non-hydrogen) atoms. The van der Waals surface area contributed by atoms with E-state index in [1.54, 1.807) is 97.1 Å². The summed E-state index contributed by atoms with van der Waals surface area (Å²) in [4.78, 5) is 13.0. The Bertz CT molecular complexity index is 2000. The van der Waals surface area contributed by atoms with Gasteiger partial charge < -0.3 is 23.5 Å². The van der Waals surface area contributed by atoms with Crippen LogP contribution in [0.4, 0.5) is 8.78 Å². The molecule has 0 spiro atoms. The molecule has 0 aliphatic heterocycles. The van der Waals surface area contributed by atoms with Crippen LogP contribution in [0.2, 0.25) is 0 Å². The van der Waals surface area contributed by atoms with E-state index in [-0.39, 0.29) is 46.2 Å². The number of halogens is 2. The van der Waals surface area contributed by atoms with E-state index in [1.165, 1.54) is 6.07 Å². The maximum absolute atomic E-state index is 17.1. The molecule has 0 bridgehead atoms. The second-order valence-corrected chi connectivity index (χ2v) is 14.4. The third-order valence-corrected chi connectivity index (χ3v) is 10.4. The van der Waals surface area contributed by atoms with Gasteiger partial charge >= 0.3 is 12.0 Å². The van der Waals surface area contributed by atoms with Gasteiger partial charge in [0.2, 0.25) is 0 Å². The van der Waals surface area contributed by atoms with Crippen LogP contribution >= 0.6 is 7.14 Å². The Kier molecular flexibility index (Phi) is 10.2. The first kappa shape index (κ1) is 34.3. The number of rotatable bonds is 12. The Morgan fingerprint density at radius 2 is 0.980 bits per heavy atom. The molecule has 0 N–H and O–H groups in total. The summed E-state index contributed by atoms with van der Waals surface area (Å²) < 4.78 is 71.9. The fraction of sp³-hybridized carbons (Fsp3) is 0.154. The predicted octanol–water partition coefficient (Wildman–Crippen LogP) is 8.62.